The van der Waals surface area contributed by atoms with Crippen molar-refractivity contribution in [1.82, 2.24) is 10.2 Å². The van der Waals surface area contributed by atoms with Crippen molar-refractivity contribution in [3.8, 4) is 11.1 Å². The van der Waals surface area contributed by atoms with Crippen LogP contribution in [-0.4, -0.2) is 67.4 Å². The van der Waals surface area contributed by atoms with Crippen molar-refractivity contribution in [1.29, 1.82) is 0 Å². The quantitative estimate of drug-likeness (QED) is 0.598. The predicted octanol–water partition coefficient (Wildman–Crippen LogP) is 3.64. The molecule has 2 amide bonds. The zero-order valence-electron chi connectivity index (χ0n) is 20.2. The van der Waals surface area contributed by atoms with Gasteiger partial charge in [0.2, 0.25) is 5.91 Å². The van der Waals surface area contributed by atoms with Gasteiger partial charge in [0.25, 0.3) is 0 Å². The maximum absolute atomic E-state index is 13.1. The van der Waals surface area contributed by atoms with E-state index < -0.39 is 23.5 Å². The molecular weight excluding hydrogens is 448 g/mol. The molecule has 2 aliphatic rings. The van der Waals surface area contributed by atoms with E-state index in [4.69, 9.17) is 9.47 Å². The first-order valence-corrected chi connectivity index (χ1v) is 12.0. The molecule has 8 heteroatoms. The number of ether oxygens (including phenoxy) is 2. The number of amides is 2. The number of methoxy groups -OCH3 is 1. The lowest BCUT2D eigenvalue weighted by Crippen LogP contribution is -2.54. The molecule has 4 rings (SSSR count). The molecule has 0 spiro atoms. The molecule has 0 unspecified atom stereocenters. The Balaban J connectivity index is 1.38. The van der Waals surface area contributed by atoms with Crippen LogP contribution in [0.25, 0.3) is 11.1 Å². The van der Waals surface area contributed by atoms with Gasteiger partial charge in [0.1, 0.15) is 12.6 Å². The Bertz CT molecular complexity index is 1050. The van der Waals surface area contributed by atoms with E-state index in [1.807, 2.05) is 43.3 Å². The van der Waals surface area contributed by atoms with Gasteiger partial charge in [-0.1, -0.05) is 55.5 Å². The molecule has 1 heterocycles. The topological polar surface area (TPSA) is 105 Å². The van der Waals surface area contributed by atoms with Crippen molar-refractivity contribution < 1.29 is 29.0 Å². The molecule has 0 aromatic heterocycles. The number of nitrogens with zero attached hydrogens (tertiary/aromatic N) is 1. The number of carbonyl (C=O) groups is 3. The van der Waals surface area contributed by atoms with Crippen molar-refractivity contribution >= 4 is 18.0 Å². The van der Waals surface area contributed by atoms with E-state index in [2.05, 4.69) is 17.4 Å². The second-order valence-corrected chi connectivity index (χ2v) is 9.24. The molecule has 0 bridgehead atoms. The van der Waals surface area contributed by atoms with E-state index in [0.29, 0.717) is 32.4 Å². The molecule has 2 N–H and O–H groups in total. The summed E-state index contributed by atoms with van der Waals surface area (Å²) in [7, 11) is 1.46. The predicted molar refractivity (Wildman–Crippen MR) is 130 cm³/mol. The van der Waals surface area contributed by atoms with Crippen LogP contribution in [0.5, 0.6) is 0 Å². The van der Waals surface area contributed by atoms with Crippen LogP contribution in [0.2, 0.25) is 0 Å². The molecule has 1 atom stereocenters. The van der Waals surface area contributed by atoms with Gasteiger partial charge in [-0.05, 0) is 41.5 Å². The Morgan fingerprint density at radius 2 is 1.63 bits per heavy atom. The highest BCUT2D eigenvalue weighted by Crippen LogP contribution is 2.44. The fourth-order valence-electron chi connectivity index (χ4n) is 5.22. The number of hydrogen-bond donors (Lipinski definition) is 2. The third kappa shape index (κ3) is 4.89. The molecule has 8 nitrogen and oxygen atoms in total. The van der Waals surface area contributed by atoms with E-state index in [1.165, 1.54) is 7.11 Å². The lowest BCUT2D eigenvalue weighted by molar-refractivity contribution is -0.155. The Morgan fingerprint density at radius 3 is 2.14 bits per heavy atom. The average Bonchev–Trinajstić information content (AvgIpc) is 3.20. The van der Waals surface area contributed by atoms with Gasteiger partial charge >= 0.3 is 12.1 Å². The Labute approximate surface area is 205 Å². The summed E-state index contributed by atoms with van der Waals surface area (Å²) in [6.07, 6.45) is 0.599. The minimum Gasteiger partial charge on any atom is -0.481 e. The lowest BCUT2D eigenvalue weighted by Gasteiger charge is -2.39. The number of alkyl carbamates (subject to hydrolysis) is 1. The summed E-state index contributed by atoms with van der Waals surface area (Å²) in [5.41, 5.74) is 3.70. The summed E-state index contributed by atoms with van der Waals surface area (Å²) in [4.78, 5) is 39.1. The Hall–Kier alpha value is -3.39. The molecule has 186 valence electrons. The van der Waals surface area contributed by atoms with Crippen LogP contribution in [0.3, 0.4) is 0 Å². The van der Waals surface area contributed by atoms with Gasteiger partial charge in [0.15, 0.2) is 0 Å². The van der Waals surface area contributed by atoms with Crippen LogP contribution in [-0.2, 0) is 19.1 Å². The van der Waals surface area contributed by atoms with Gasteiger partial charge in [0.05, 0.1) is 12.0 Å². The second-order valence-electron chi connectivity index (χ2n) is 9.24. The number of piperidine rings is 1. The molecule has 0 saturated carbocycles. The van der Waals surface area contributed by atoms with E-state index in [9.17, 15) is 19.5 Å². The van der Waals surface area contributed by atoms with Gasteiger partial charge in [-0.3, -0.25) is 9.59 Å². The van der Waals surface area contributed by atoms with E-state index >= 15 is 0 Å². The fourth-order valence-corrected chi connectivity index (χ4v) is 5.22. The highest BCUT2D eigenvalue weighted by molar-refractivity contribution is 5.86. The molecule has 1 saturated heterocycles. The third-order valence-electron chi connectivity index (χ3n) is 7.43. The minimum atomic E-state index is -0.908. The van der Waals surface area contributed by atoms with Crippen molar-refractivity contribution in [3.05, 3.63) is 59.7 Å². The number of fused-ring (bicyclic) bond motifs is 3. The Morgan fingerprint density at radius 1 is 1.06 bits per heavy atom. The first-order valence-electron chi connectivity index (χ1n) is 12.0. The highest BCUT2D eigenvalue weighted by atomic mass is 16.5. The smallest absolute Gasteiger partial charge is 0.407 e. The number of rotatable bonds is 8. The van der Waals surface area contributed by atoms with Crippen LogP contribution >= 0.6 is 0 Å². The van der Waals surface area contributed by atoms with Crippen LogP contribution in [0.15, 0.2) is 48.5 Å². The number of carboxylic acids is 1. The fraction of sp³-hybridized carbons (Fsp3) is 0.444. The van der Waals surface area contributed by atoms with Crippen LogP contribution in [0.1, 0.15) is 43.2 Å². The number of aliphatic carboxylic acids is 1. The largest absolute Gasteiger partial charge is 0.481 e. The number of likely N-dealkylation sites (tertiary alicyclic amines) is 1. The number of hydrogen-bond acceptors (Lipinski definition) is 5. The van der Waals surface area contributed by atoms with Gasteiger partial charge in [-0.25, -0.2) is 4.79 Å². The Kier molecular flexibility index (Phi) is 7.40. The number of nitrogens with one attached hydrogen (secondary N) is 1. The first-order chi connectivity index (χ1) is 16.9. The molecule has 2 aromatic rings. The molecule has 0 radical (unpaired) electrons. The standard InChI is InChI=1S/C27H32N2O6/c1-3-27(25(31)32)12-14-29(15-13-27)24(30)23(17-34-2)28-26(33)35-16-22-20-10-6-4-8-18(20)19-9-5-7-11-21(19)22/h4-11,22-23H,3,12-17H2,1-2H3,(H,28,33)(H,31,32)/t23-/m0/s1. The van der Waals surface area contributed by atoms with E-state index in [1.54, 1.807) is 4.90 Å². The van der Waals surface area contributed by atoms with E-state index in [0.717, 1.165) is 22.3 Å². The summed E-state index contributed by atoms with van der Waals surface area (Å²) in [6.45, 7) is 2.65. The molecule has 2 aromatic carbocycles. The monoisotopic (exact) mass is 480 g/mol. The minimum absolute atomic E-state index is 0.00260. The van der Waals surface area contributed by atoms with Gasteiger partial charge < -0.3 is 24.8 Å². The summed E-state index contributed by atoms with van der Waals surface area (Å²) in [5.74, 6) is -1.20. The van der Waals surface area contributed by atoms with Crippen LogP contribution < -0.4 is 5.32 Å². The summed E-state index contributed by atoms with van der Waals surface area (Å²) in [6, 6.07) is 15.2. The maximum atomic E-state index is 13.1. The molecular formula is C27H32N2O6. The van der Waals surface area contributed by atoms with Gasteiger partial charge in [-0.2, -0.15) is 0 Å². The van der Waals surface area contributed by atoms with E-state index in [-0.39, 0.29) is 25.0 Å². The molecule has 35 heavy (non-hydrogen) atoms. The van der Waals surface area contributed by atoms with Gasteiger partial charge in [0, 0.05) is 26.1 Å². The zero-order chi connectivity index (χ0) is 25.0. The van der Waals surface area contributed by atoms with Crippen LogP contribution in [0, 0.1) is 5.41 Å². The summed E-state index contributed by atoms with van der Waals surface area (Å²) < 4.78 is 10.8. The summed E-state index contributed by atoms with van der Waals surface area (Å²) >= 11 is 0. The number of carboxylic acid groups (broad SMARTS) is 1. The summed E-state index contributed by atoms with van der Waals surface area (Å²) in [5, 5.41) is 12.3. The molecule has 1 aliphatic heterocycles. The average molecular weight is 481 g/mol. The van der Waals surface area contributed by atoms with Crippen molar-refractivity contribution in [2.24, 2.45) is 5.41 Å². The van der Waals surface area contributed by atoms with Crippen molar-refractivity contribution in [2.75, 3.05) is 33.4 Å². The number of carbonyl (C=O) groups excluding carboxylic acids is 2. The SMILES string of the molecule is CCC1(C(=O)O)CCN(C(=O)[C@H](COC)NC(=O)OCC2c3ccccc3-c3ccccc32)CC1. The van der Waals surface area contributed by atoms with Crippen molar-refractivity contribution in [3.63, 3.8) is 0 Å². The normalized spacial score (nSPS) is 17.3. The third-order valence-corrected chi connectivity index (χ3v) is 7.43. The van der Waals surface area contributed by atoms with Crippen molar-refractivity contribution in [2.45, 2.75) is 38.1 Å². The molecule has 1 aliphatic carbocycles. The molecule has 1 fully saturated rings. The maximum Gasteiger partial charge on any atom is 0.407 e. The second kappa shape index (κ2) is 10.5. The lowest BCUT2D eigenvalue weighted by atomic mass is 9.76. The van der Waals surface area contributed by atoms with Gasteiger partial charge in [-0.15, -0.1) is 0 Å². The van der Waals surface area contributed by atoms with Crippen LogP contribution in [0.4, 0.5) is 4.79 Å². The highest BCUT2D eigenvalue weighted by Gasteiger charge is 2.42. The number of benzene rings is 2. The zero-order valence-corrected chi connectivity index (χ0v) is 20.2. The first kappa shape index (κ1) is 24.7.